The van der Waals surface area contributed by atoms with Gasteiger partial charge in [0, 0.05) is 20.2 Å². The van der Waals surface area contributed by atoms with E-state index in [0.29, 0.717) is 6.61 Å². The first-order valence-corrected chi connectivity index (χ1v) is 5.83. The molecule has 0 aliphatic heterocycles. The Morgan fingerprint density at radius 1 is 1.32 bits per heavy atom. The van der Waals surface area contributed by atoms with E-state index in [1.54, 1.807) is 0 Å². The summed E-state index contributed by atoms with van der Waals surface area (Å²) in [4.78, 5) is 1.43. The molecule has 0 spiro atoms. The zero-order valence-corrected chi connectivity index (χ0v) is 10.7. The molecule has 1 N–H and O–H groups in total. The number of benzene rings is 1. The van der Waals surface area contributed by atoms with Crippen molar-refractivity contribution in [2.24, 2.45) is 0 Å². The third-order valence-electron chi connectivity index (χ3n) is 2.63. The van der Waals surface area contributed by atoms with E-state index in [4.69, 9.17) is 15.1 Å². The lowest BCUT2D eigenvalue weighted by molar-refractivity contribution is 0.205. The van der Waals surface area contributed by atoms with E-state index in [-0.39, 0.29) is 30.8 Å². The Morgan fingerprint density at radius 2 is 1.95 bits per heavy atom. The molecule has 0 unspecified atom stereocenters. The first-order valence-electron chi connectivity index (χ1n) is 5.83. The Labute approximate surface area is 110 Å². The summed E-state index contributed by atoms with van der Waals surface area (Å²) in [7, 11) is 1.49. The highest BCUT2D eigenvalue weighted by atomic mass is 19.1. The Balaban J connectivity index is 3.03. The van der Waals surface area contributed by atoms with Gasteiger partial charge in [0.05, 0.1) is 25.7 Å². The van der Waals surface area contributed by atoms with Crippen LogP contribution < -0.4 is 4.90 Å². The highest BCUT2D eigenvalue weighted by Crippen LogP contribution is 2.25. The van der Waals surface area contributed by atoms with Gasteiger partial charge in [0.1, 0.15) is 17.3 Å². The van der Waals surface area contributed by atoms with E-state index in [0.717, 1.165) is 12.1 Å². The fourth-order valence-electron chi connectivity index (χ4n) is 1.73. The molecule has 0 saturated carbocycles. The second kappa shape index (κ2) is 7.67. The lowest BCUT2D eigenvalue weighted by atomic mass is 10.1. The topological polar surface area (TPSA) is 56.5 Å². The quantitative estimate of drug-likeness (QED) is 0.821. The van der Waals surface area contributed by atoms with Crippen LogP contribution in [0.15, 0.2) is 12.1 Å². The molecule has 0 amide bonds. The van der Waals surface area contributed by atoms with Crippen molar-refractivity contribution in [3.8, 4) is 6.07 Å². The summed E-state index contributed by atoms with van der Waals surface area (Å²) >= 11 is 0. The molecular formula is C13H16F2N2O2. The minimum Gasteiger partial charge on any atom is -0.392 e. The van der Waals surface area contributed by atoms with Crippen LogP contribution in [0.25, 0.3) is 0 Å². The summed E-state index contributed by atoms with van der Waals surface area (Å²) < 4.78 is 32.7. The van der Waals surface area contributed by atoms with Crippen LogP contribution in [0.3, 0.4) is 0 Å². The van der Waals surface area contributed by atoms with E-state index in [9.17, 15) is 8.78 Å². The zero-order chi connectivity index (χ0) is 14.3. The molecule has 0 aromatic heterocycles. The van der Waals surface area contributed by atoms with Crippen molar-refractivity contribution in [2.45, 2.75) is 13.0 Å². The maximum Gasteiger partial charge on any atom is 0.149 e. The van der Waals surface area contributed by atoms with Gasteiger partial charge in [-0.1, -0.05) is 0 Å². The zero-order valence-electron chi connectivity index (χ0n) is 10.7. The number of nitriles is 1. The van der Waals surface area contributed by atoms with Gasteiger partial charge in [-0.25, -0.2) is 8.78 Å². The molecule has 0 saturated heterocycles. The second-order valence-corrected chi connectivity index (χ2v) is 3.95. The van der Waals surface area contributed by atoms with Crippen LogP contribution in [-0.2, 0) is 11.3 Å². The largest absolute Gasteiger partial charge is 0.392 e. The van der Waals surface area contributed by atoms with Crippen LogP contribution in [-0.4, -0.2) is 31.9 Å². The van der Waals surface area contributed by atoms with E-state index in [2.05, 4.69) is 0 Å². The van der Waals surface area contributed by atoms with Crippen LogP contribution >= 0.6 is 0 Å². The van der Waals surface area contributed by atoms with Crippen LogP contribution in [0.2, 0.25) is 0 Å². The second-order valence-electron chi connectivity index (χ2n) is 3.95. The van der Waals surface area contributed by atoms with Gasteiger partial charge >= 0.3 is 0 Å². The molecule has 0 bridgehead atoms. The SMILES string of the molecule is COCCN(CCC#N)c1c(F)cc(CO)cc1F. The van der Waals surface area contributed by atoms with E-state index >= 15 is 0 Å². The number of hydrogen-bond acceptors (Lipinski definition) is 4. The molecule has 0 aliphatic rings. The van der Waals surface area contributed by atoms with Gasteiger partial charge in [0.2, 0.25) is 0 Å². The third kappa shape index (κ3) is 4.16. The van der Waals surface area contributed by atoms with Crippen LogP contribution in [0.1, 0.15) is 12.0 Å². The average Bonchev–Trinajstić information content (AvgIpc) is 2.40. The van der Waals surface area contributed by atoms with Crippen molar-refractivity contribution in [1.29, 1.82) is 5.26 Å². The van der Waals surface area contributed by atoms with Crippen molar-refractivity contribution < 1.29 is 18.6 Å². The molecule has 104 valence electrons. The highest BCUT2D eigenvalue weighted by Gasteiger charge is 2.17. The van der Waals surface area contributed by atoms with Crippen molar-refractivity contribution >= 4 is 5.69 Å². The van der Waals surface area contributed by atoms with Crippen molar-refractivity contribution in [3.63, 3.8) is 0 Å². The van der Waals surface area contributed by atoms with Crippen molar-refractivity contribution in [2.75, 3.05) is 31.7 Å². The van der Waals surface area contributed by atoms with Gasteiger partial charge in [-0.05, 0) is 17.7 Å². The van der Waals surface area contributed by atoms with Gasteiger partial charge in [-0.2, -0.15) is 5.26 Å². The number of ether oxygens (including phenoxy) is 1. The fraction of sp³-hybridized carbons (Fsp3) is 0.462. The van der Waals surface area contributed by atoms with Crippen LogP contribution in [0, 0.1) is 23.0 Å². The Hall–Kier alpha value is -1.71. The minimum atomic E-state index is -0.752. The Morgan fingerprint density at radius 3 is 2.42 bits per heavy atom. The Bertz CT molecular complexity index is 437. The lowest BCUT2D eigenvalue weighted by Gasteiger charge is -2.24. The number of rotatable bonds is 7. The molecular weight excluding hydrogens is 254 g/mol. The molecule has 1 aromatic rings. The molecule has 4 nitrogen and oxygen atoms in total. The first kappa shape index (κ1) is 15.3. The normalized spacial score (nSPS) is 10.3. The van der Waals surface area contributed by atoms with Crippen LogP contribution in [0.5, 0.6) is 0 Å². The maximum atomic E-state index is 13.9. The van der Waals surface area contributed by atoms with E-state index in [1.807, 2.05) is 6.07 Å². The van der Waals surface area contributed by atoms with Crippen LogP contribution in [0.4, 0.5) is 14.5 Å². The van der Waals surface area contributed by atoms with E-state index in [1.165, 1.54) is 12.0 Å². The molecule has 6 heteroatoms. The summed E-state index contributed by atoms with van der Waals surface area (Å²) in [5, 5.41) is 17.5. The number of hydrogen-bond donors (Lipinski definition) is 1. The number of aliphatic hydroxyl groups is 1. The van der Waals surface area contributed by atoms with Crippen molar-refractivity contribution in [1.82, 2.24) is 0 Å². The van der Waals surface area contributed by atoms with Gasteiger partial charge in [-0.3, -0.25) is 0 Å². The monoisotopic (exact) mass is 270 g/mol. The lowest BCUT2D eigenvalue weighted by Crippen LogP contribution is -2.30. The predicted molar refractivity (Wildman–Crippen MR) is 66.6 cm³/mol. The number of halogens is 2. The molecule has 1 aromatic carbocycles. The van der Waals surface area contributed by atoms with Crippen molar-refractivity contribution in [3.05, 3.63) is 29.3 Å². The molecule has 0 heterocycles. The fourth-order valence-corrected chi connectivity index (χ4v) is 1.73. The molecule has 0 aliphatic carbocycles. The Kier molecular flexibility index (Phi) is 6.19. The summed E-state index contributed by atoms with van der Waals surface area (Å²) in [6, 6.07) is 4.11. The first-order chi connectivity index (χ1) is 9.13. The predicted octanol–water partition coefficient (Wildman–Crippen LogP) is 1.82. The highest BCUT2D eigenvalue weighted by molar-refractivity contribution is 5.50. The molecule has 0 atom stereocenters. The summed E-state index contributed by atoms with van der Waals surface area (Å²) in [6.07, 6.45) is 0.157. The molecule has 1 rings (SSSR count). The van der Waals surface area contributed by atoms with Gasteiger partial charge in [-0.15, -0.1) is 0 Å². The van der Waals surface area contributed by atoms with Gasteiger partial charge in [0.15, 0.2) is 0 Å². The summed E-state index contributed by atoms with van der Waals surface area (Å²) in [6.45, 7) is 0.368. The number of anilines is 1. The molecule has 19 heavy (non-hydrogen) atoms. The average molecular weight is 270 g/mol. The summed E-state index contributed by atoms with van der Waals surface area (Å²) in [5.74, 6) is -1.50. The minimum absolute atomic E-state index is 0.157. The van der Waals surface area contributed by atoms with E-state index < -0.39 is 18.2 Å². The number of nitrogens with zero attached hydrogens (tertiary/aromatic N) is 2. The van der Waals surface area contributed by atoms with Gasteiger partial charge in [0.25, 0.3) is 0 Å². The molecule has 0 radical (unpaired) electrons. The smallest absolute Gasteiger partial charge is 0.149 e. The number of methoxy groups -OCH3 is 1. The van der Waals surface area contributed by atoms with Gasteiger partial charge < -0.3 is 14.7 Å². The maximum absolute atomic E-state index is 13.9. The molecule has 0 fully saturated rings. The third-order valence-corrected chi connectivity index (χ3v) is 2.63. The standard InChI is InChI=1S/C13H16F2N2O2/c1-19-6-5-17(4-2-3-16)13-11(14)7-10(9-18)8-12(13)15/h7-8,18H,2,4-6,9H2,1H3. The summed E-state index contributed by atoms with van der Waals surface area (Å²) in [5.41, 5.74) is -0.0183. The number of aliphatic hydroxyl groups excluding tert-OH is 1.